The summed E-state index contributed by atoms with van der Waals surface area (Å²) in [5.41, 5.74) is 3.62. The van der Waals surface area contributed by atoms with Gasteiger partial charge in [-0.3, -0.25) is 4.79 Å². The Balaban J connectivity index is 2.76. The molecule has 1 aliphatic heterocycles. The number of ether oxygens (including phenoxy) is 1. The summed E-state index contributed by atoms with van der Waals surface area (Å²) in [6.07, 6.45) is 0. The number of amides is 1. The van der Waals surface area contributed by atoms with Crippen molar-refractivity contribution in [2.75, 3.05) is 13.2 Å². The highest BCUT2D eigenvalue weighted by Gasteiger charge is 2.46. The maximum Gasteiger partial charge on any atom is 0.328 e. The molecule has 2 atom stereocenters. The van der Waals surface area contributed by atoms with Gasteiger partial charge in [-0.05, 0) is 20.8 Å². The van der Waals surface area contributed by atoms with Crippen LogP contribution in [-0.2, 0) is 14.3 Å². The lowest BCUT2D eigenvalue weighted by atomic mass is 9.84. The third kappa shape index (κ3) is 2.17. The van der Waals surface area contributed by atoms with Gasteiger partial charge in [0.15, 0.2) is 0 Å². The molecule has 16 heavy (non-hydrogen) atoms. The molecule has 1 saturated heterocycles. The fourth-order valence-electron chi connectivity index (χ4n) is 1.40. The van der Waals surface area contributed by atoms with Gasteiger partial charge in [-0.25, -0.2) is 4.79 Å². The lowest BCUT2D eigenvalue weighted by Gasteiger charge is -2.30. The van der Waals surface area contributed by atoms with Crippen LogP contribution in [0.15, 0.2) is 0 Å². The summed E-state index contributed by atoms with van der Waals surface area (Å²) >= 11 is 0. The molecular weight excluding hydrogens is 212 g/mol. The van der Waals surface area contributed by atoms with Crippen LogP contribution in [0.25, 0.3) is 0 Å². The number of rotatable bonds is 3. The third-order valence-electron chi connectivity index (χ3n) is 3.00. The van der Waals surface area contributed by atoms with Crippen LogP contribution in [0.4, 0.5) is 0 Å². The van der Waals surface area contributed by atoms with Gasteiger partial charge >= 0.3 is 5.97 Å². The molecule has 4 N–H and O–H groups in total. The Hall–Kier alpha value is -1.14. The predicted octanol–water partition coefficient (Wildman–Crippen LogP) is -0.670. The van der Waals surface area contributed by atoms with Gasteiger partial charge in [-0.2, -0.15) is 0 Å². The molecule has 1 fully saturated rings. The van der Waals surface area contributed by atoms with E-state index in [-0.39, 0.29) is 12.5 Å². The Morgan fingerprint density at radius 2 is 2.12 bits per heavy atom. The number of aliphatic carboxylic acids is 1. The van der Waals surface area contributed by atoms with Crippen LogP contribution in [0.1, 0.15) is 20.8 Å². The zero-order valence-electron chi connectivity index (χ0n) is 9.74. The van der Waals surface area contributed by atoms with Crippen LogP contribution in [0.2, 0.25) is 0 Å². The van der Waals surface area contributed by atoms with Crippen molar-refractivity contribution in [1.82, 2.24) is 5.32 Å². The van der Waals surface area contributed by atoms with E-state index in [1.54, 1.807) is 6.92 Å². The van der Waals surface area contributed by atoms with Gasteiger partial charge in [0.1, 0.15) is 5.54 Å². The van der Waals surface area contributed by atoms with Gasteiger partial charge in [0, 0.05) is 6.04 Å². The van der Waals surface area contributed by atoms with Crippen molar-refractivity contribution in [3.05, 3.63) is 0 Å². The minimum absolute atomic E-state index is 0.218. The van der Waals surface area contributed by atoms with Gasteiger partial charge in [-0.15, -0.1) is 0 Å². The molecule has 1 aliphatic rings. The minimum atomic E-state index is -1.30. The maximum atomic E-state index is 12.0. The smallest absolute Gasteiger partial charge is 0.328 e. The second-order valence-electron chi connectivity index (χ2n) is 4.92. The van der Waals surface area contributed by atoms with E-state index in [0.717, 1.165) is 0 Å². The molecule has 6 heteroatoms. The number of carboxylic acids is 1. The molecule has 0 spiro atoms. The van der Waals surface area contributed by atoms with E-state index >= 15 is 0 Å². The number of hydrogen-bond acceptors (Lipinski definition) is 4. The number of nitrogens with one attached hydrogen (secondary N) is 1. The Kier molecular flexibility index (Phi) is 3.25. The van der Waals surface area contributed by atoms with E-state index in [4.69, 9.17) is 15.6 Å². The van der Waals surface area contributed by atoms with Crippen molar-refractivity contribution in [1.29, 1.82) is 0 Å². The molecule has 1 heterocycles. The first-order chi connectivity index (χ1) is 7.20. The highest BCUT2D eigenvalue weighted by molar-refractivity contribution is 5.90. The average molecular weight is 230 g/mol. The molecule has 2 unspecified atom stereocenters. The topological polar surface area (TPSA) is 102 Å². The molecular formula is C10H18N2O4. The van der Waals surface area contributed by atoms with Crippen molar-refractivity contribution < 1.29 is 19.4 Å². The molecule has 0 aromatic heterocycles. The predicted molar refractivity (Wildman–Crippen MR) is 56.8 cm³/mol. The first kappa shape index (κ1) is 12.9. The highest BCUT2D eigenvalue weighted by Crippen LogP contribution is 2.27. The SMILES string of the molecule is CC(C)(NC(=O)C1(C)COCC1N)C(=O)O. The Morgan fingerprint density at radius 1 is 1.56 bits per heavy atom. The van der Waals surface area contributed by atoms with Gasteiger partial charge in [0.05, 0.1) is 18.6 Å². The molecule has 6 nitrogen and oxygen atoms in total. The number of carbonyl (C=O) groups excluding carboxylic acids is 1. The zero-order valence-corrected chi connectivity index (χ0v) is 9.74. The summed E-state index contributed by atoms with van der Waals surface area (Å²) in [7, 11) is 0. The fourth-order valence-corrected chi connectivity index (χ4v) is 1.40. The highest BCUT2D eigenvalue weighted by atomic mass is 16.5. The van der Waals surface area contributed by atoms with Crippen molar-refractivity contribution in [3.63, 3.8) is 0 Å². The number of carbonyl (C=O) groups is 2. The summed E-state index contributed by atoms with van der Waals surface area (Å²) < 4.78 is 5.14. The second kappa shape index (κ2) is 4.03. The summed E-state index contributed by atoms with van der Waals surface area (Å²) in [5, 5.41) is 11.4. The van der Waals surface area contributed by atoms with E-state index in [1.165, 1.54) is 13.8 Å². The molecule has 1 amide bonds. The lowest BCUT2D eigenvalue weighted by molar-refractivity contribution is -0.148. The first-order valence-electron chi connectivity index (χ1n) is 5.09. The monoisotopic (exact) mass is 230 g/mol. The largest absolute Gasteiger partial charge is 0.480 e. The van der Waals surface area contributed by atoms with Crippen LogP contribution >= 0.6 is 0 Å². The molecule has 0 aromatic rings. The van der Waals surface area contributed by atoms with E-state index in [2.05, 4.69) is 5.32 Å². The Labute approximate surface area is 94.1 Å². The molecule has 0 radical (unpaired) electrons. The van der Waals surface area contributed by atoms with E-state index in [9.17, 15) is 9.59 Å². The molecule has 0 bridgehead atoms. The van der Waals surface area contributed by atoms with Gasteiger partial charge < -0.3 is 20.9 Å². The number of hydrogen-bond donors (Lipinski definition) is 3. The van der Waals surface area contributed by atoms with Gasteiger partial charge in [0.2, 0.25) is 5.91 Å². The van der Waals surface area contributed by atoms with E-state index < -0.39 is 23.0 Å². The van der Waals surface area contributed by atoms with Gasteiger partial charge in [-0.1, -0.05) is 0 Å². The van der Waals surface area contributed by atoms with Crippen molar-refractivity contribution in [3.8, 4) is 0 Å². The van der Waals surface area contributed by atoms with Crippen LogP contribution in [0.5, 0.6) is 0 Å². The van der Waals surface area contributed by atoms with Crippen LogP contribution < -0.4 is 11.1 Å². The van der Waals surface area contributed by atoms with Crippen LogP contribution in [-0.4, -0.2) is 41.8 Å². The Morgan fingerprint density at radius 3 is 2.50 bits per heavy atom. The average Bonchev–Trinajstić information content (AvgIpc) is 2.47. The van der Waals surface area contributed by atoms with E-state index in [0.29, 0.717) is 6.61 Å². The van der Waals surface area contributed by atoms with Crippen molar-refractivity contribution in [2.24, 2.45) is 11.1 Å². The fraction of sp³-hybridized carbons (Fsp3) is 0.800. The minimum Gasteiger partial charge on any atom is -0.480 e. The lowest BCUT2D eigenvalue weighted by Crippen LogP contribution is -2.58. The summed E-state index contributed by atoms with van der Waals surface area (Å²) in [6.45, 7) is 5.07. The standard InChI is InChI=1S/C10H18N2O4/c1-9(2,8(14)15)12-7(13)10(3)5-16-4-6(10)11/h6H,4-5,11H2,1-3H3,(H,12,13)(H,14,15). The Bertz CT molecular complexity index is 316. The summed E-state index contributed by atoms with van der Waals surface area (Å²) in [4.78, 5) is 22.8. The summed E-state index contributed by atoms with van der Waals surface area (Å²) in [5.74, 6) is -1.47. The van der Waals surface area contributed by atoms with E-state index in [1.807, 2.05) is 0 Å². The molecule has 0 aliphatic carbocycles. The molecule has 92 valence electrons. The molecule has 0 saturated carbocycles. The van der Waals surface area contributed by atoms with Crippen molar-refractivity contribution >= 4 is 11.9 Å². The zero-order chi connectivity index (χ0) is 12.6. The quantitative estimate of drug-likeness (QED) is 0.597. The number of nitrogens with two attached hydrogens (primary N) is 1. The molecule has 0 aromatic carbocycles. The third-order valence-corrected chi connectivity index (χ3v) is 3.00. The normalized spacial score (nSPS) is 30.1. The number of carboxylic acid groups (broad SMARTS) is 1. The van der Waals surface area contributed by atoms with Crippen LogP contribution in [0.3, 0.4) is 0 Å². The van der Waals surface area contributed by atoms with Crippen LogP contribution in [0, 0.1) is 5.41 Å². The first-order valence-corrected chi connectivity index (χ1v) is 5.09. The maximum absolute atomic E-state index is 12.0. The second-order valence-corrected chi connectivity index (χ2v) is 4.92. The summed E-state index contributed by atoms with van der Waals surface area (Å²) in [6, 6.07) is -0.405. The molecule has 1 rings (SSSR count). The van der Waals surface area contributed by atoms with Crippen molar-refractivity contribution in [2.45, 2.75) is 32.4 Å². The van der Waals surface area contributed by atoms with Gasteiger partial charge in [0.25, 0.3) is 0 Å².